The van der Waals surface area contributed by atoms with E-state index in [4.69, 9.17) is 11.2 Å². The monoisotopic (exact) mass is 349 g/mol. The maximum atomic E-state index is 12.0. The first-order chi connectivity index (χ1) is 11.6. The number of terminal acetylenes is 1. The Morgan fingerprint density at radius 2 is 2.08 bits per heavy atom. The fourth-order valence-electron chi connectivity index (χ4n) is 2.01. The molecule has 0 unspecified atom stereocenters. The number of rotatable bonds is 10. The first-order valence-corrected chi connectivity index (χ1v) is 8.54. The zero-order chi connectivity index (χ0) is 17.4. The van der Waals surface area contributed by atoms with Crippen molar-refractivity contribution in [1.82, 2.24) is 10.2 Å². The predicted molar refractivity (Wildman–Crippen MR) is 88.4 cm³/mol. The van der Waals surface area contributed by atoms with Gasteiger partial charge in [0.1, 0.15) is 5.01 Å². The molecule has 0 saturated carbocycles. The molecule has 1 aliphatic heterocycles. The molecule has 0 spiro atoms. The number of nitrogens with one attached hydrogen (secondary N) is 1. The number of aromatic nitrogens is 2. The molecule has 2 rings (SSSR count). The molecular formula is C15H19N5O3S. The molecule has 9 heteroatoms. The van der Waals surface area contributed by atoms with Crippen molar-refractivity contribution in [3.63, 3.8) is 0 Å². The molecule has 8 nitrogen and oxygen atoms in total. The lowest BCUT2D eigenvalue weighted by atomic mass is 10.0. The highest BCUT2D eigenvalue weighted by atomic mass is 32.1. The summed E-state index contributed by atoms with van der Waals surface area (Å²) in [5.74, 6) is 2.11. The van der Waals surface area contributed by atoms with Crippen LogP contribution < -0.4 is 5.32 Å². The van der Waals surface area contributed by atoms with E-state index in [1.807, 2.05) is 0 Å². The third kappa shape index (κ3) is 5.70. The maximum absolute atomic E-state index is 12.0. The van der Waals surface area contributed by atoms with Crippen LogP contribution in [0.1, 0.15) is 44.0 Å². The highest BCUT2D eigenvalue weighted by molar-refractivity contribution is 7.15. The summed E-state index contributed by atoms with van der Waals surface area (Å²) >= 11 is 1.25. The molecule has 24 heavy (non-hydrogen) atoms. The van der Waals surface area contributed by atoms with Crippen molar-refractivity contribution in [3.05, 3.63) is 5.01 Å². The van der Waals surface area contributed by atoms with Gasteiger partial charge in [-0.2, -0.15) is 10.2 Å². The molecule has 0 atom stereocenters. The molecule has 1 amide bonds. The van der Waals surface area contributed by atoms with Gasteiger partial charge in [-0.3, -0.25) is 9.59 Å². The van der Waals surface area contributed by atoms with Crippen LogP contribution in [0.2, 0.25) is 0 Å². The summed E-state index contributed by atoms with van der Waals surface area (Å²) in [7, 11) is 0. The zero-order valence-electron chi connectivity index (χ0n) is 13.4. The van der Waals surface area contributed by atoms with E-state index in [-0.39, 0.29) is 24.7 Å². The lowest BCUT2D eigenvalue weighted by Crippen LogP contribution is -2.17. The smallest absolute Gasteiger partial charge is 0.306 e. The molecule has 0 bridgehead atoms. The van der Waals surface area contributed by atoms with Crippen LogP contribution in [0.25, 0.3) is 0 Å². The average molecular weight is 349 g/mol. The zero-order valence-corrected chi connectivity index (χ0v) is 14.3. The number of aryl methyl sites for hydroxylation is 1. The minimum Gasteiger partial charge on any atom is -0.466 e. The number of anilines is 1. The van der Waals surface area contributed by atoms with Crippen LogP contribution >= 0.6 is 11.3 Å². The number of amides is 1. The molecule has 0 radical (unpaired) electrons. The fraction of sp³-hybridized carbons (Fsp3) is 0.600. The van der Waals surface area contributed by atoms with Crippen molar-refractivity contribution in [3.8, 4) is 12.3 Å². The van der Waals surface area contributed by atoms with Crippen molar-refractivity contribution in [2.45, 2.75) is 51.1 Å². The lowest BCUT2D eigenvalue weighted by molar-refractivity contribution is -0.143. The van der Waals surface area contributed by atoms with E-state index in [1.165, 1.54) is 11.3 Å². The van der Waals surface area contributed by atoms with E-state index >= 15 is 0 Å². The van der Waals surface area contributed by atoms with E-state index in [1.54, 1.807) is 6.92 Å². The second-order valence-corrected chi connectivity index (χ2v) is 6.30. The lowest BCUT2D eigenvalue weighted by Gasteiger charge is -2.07. The standard InChI is InChI=1S/C15H19N5O3S/c1-3-5-9-15(19-20-15)10-8-11(21)16-14-18-17-12(24-14)6-7-13(22)23-4-2/h1H,4-10H2,2H3,(H,16,18,21). The third-order valence-corrected chi connectivity index (χ3v) is 4.26. The van der Waals surface area contributed by atoms with Gasteiger partial charge < -0.3 is 10.1 Å². The van der Waals surface area contributed by atoms with Gasteiger partial charge in [0.25, 0.3) is 0 Å². The highest BCUT2D eigenvalue weighted by Crippen LogP contribution is 2.37. The minimum absolute atomic E-state index is 0.166. The summed E-state index contributed by atoms with van der Waals surface area (Å²) in [6.45, 7) is 2.12. The molecule has 2 heterocycles. The summed E-state index contributed by atoms with van der Waals surface area (Å²) < 4.78 is 4.85. The Hall–Kier alpha value is -2.34. The van der Waals surface area contributed by atoms with Gasteiger partial charge in [-0.1, -0.05) is 11.3 Å². The molecule has 1 N–H and O–H groups in total. The van der Waals surface area contributed by atoms with Crippen molar-refractivity contribution in [1.29, 1.82) is 0 Å². The summed E-state index contributed by atoms with van der Waals surface area (Å²) in [5, 5.41) is 19.6. The molecule has 1 aromatic rings. The SMILES string of the molecule is C#CCCC1(CCC(=O)Nc2nnc(CCC(=O)OCC)s2)N=N1. The van der Waals surface area contributed by atoms with Crippen LogP contribution in [0, 0.1) is 12.3 Å². The quantitative estimate of drug-likeness (QED) is 0.515. The maximum Gasteiger partial charge on any atom is 0.306 e. The van der Waals surface area contributed by atoms with Crippen LogP contribution in [0.3, 0.4) is 0 Å². The molecule has 0 saturated heterocycles. The normalized spacial score (nSPS) is 14.0. The number of carbonyl (C=O) groups is 2. The first-order valence-electron chi connectivity index (χ1n) is 7.72. The average Bonchev–Trinajstić information content (AvgIpc) is 3.20. The molecule has 0 aliphatic carbocycles. The fourth-order valence-corrected chi connectivity index (χ4v) is 2.77. The molecule has 128 valence electrons. The summed E-state index contributed by atoms with van der Waals surface area (Å²) in [6, 6.07) is 0. The van der Waals surface area contributed by atoms with Gasteiger partial charge in [-0.25, -0.2) is 0 Å². The van der Waals surface area contributed by atoms with Gasteiger partial charge in [0, 0.05) is 32.1 Å². The van der Waals surface area contributed by atoms with Gasteiger partial charge in [-0.05, 0) is 6.92 Å². The Kier molecular flexibility index (Phi) is 6.37. The van der Waals surface area contributed by atoms with Crippen LogP contribution in [0.4, 0.5) is 5.13 Å². The van der Waals surface area contributed by atoms with Crippen molar-refractivity contribution < 1.29 is 14.3 Å². The third-order valence-electron chi connectivity index (χ3n) is 3.37. The Labute approximate surface area is 144 Å². The number of hydrogen-bond donors (Lipinski definition) is 1. The van der Waals surface area contributed by atoms with Crippen molar-refractivity contribution in [2.24, 2.45) is 10.2 Å². The van der Waals surface area contributed by atoms with E-state index in [0.717, 1.165) is 0 Å². The van der Waals surface area contributed by atoms with E-state index in [2.05, 4.69) is 31.7 Å². The van der Waals surface area contributed by atoms with E-state index < -0.39 is 5.66 Å². The van der Waals surface area contributed by atoms with Crippen LogP contribution in [0.15, 0.2) is 10.2 Å². The second-order valence-electron chi connectivity index (χ2n) is 5.24. The second kappa shape index (κ2) is 8.49. The molecule has 1 aromatic heterocycles. The summed E-state index contributed by atoms with van der Waals surface area (Å²) in [5.41, 5.74) is -0.463. The Morgan fingerprint density at radius 3 is 2.75 bits per heavy atom. The van der Waals surface area contributed by atoms with Gasteiger partial charge in [-0.15, -0.1) is 22.5 Å². The number of ether oxygens (including phenoxy) is 1. The number of hydrogen-bond acceptors (Lipinski definition) is 8. The minimum atomic E-state index is -0.463. The van der Waals surface area contributed by atoms with Crippen molar-refractivity contribution in [2.75, 3.05) is 11.9 Å². The Bertz CT molecular complexity index is 658. The summed E-state index contributed by atoms with van der Waals surface area (Å²) in [4.78, 5) is 23.2. The predicted octanol–water partition coefficient (Wildman–Crippen LogP) is 2.33. The van der Waals surface area contributed by atoms with E-state index in [9.17, 15) is 9.59 Å². The molecule has 1 aliphatic rings. The molecular weight excluding hydrogens is 330 g/mol. The first kappa shape index (κ1) is 18.0. The van der Waals surface area contributed by atoms with Gasteiger partial charge in [0.2, 0.25) is 11.0 Å². The van der Waals surface area contributed by atoms with Gasteiger partial charge in [0.05, 0.1) is 13.0 Å². The van der Waals surface area contributed by atoms with Crippen LogP contribution in [-0.4, -0.2) is 34.3 Å². The number of esters is 1. The highest BCUT2D eigenvalue weighted by Gasteiger charge is 2.39. The topological polar surface area (TPSA) is 106 Å². The Balaban J connectivity index is 1.71. The van der Waals surface area contributed by atoms with Crippen LogP contribution in [-0.2, 0) is 20.7 Å². The molecule has 0 aromatic carbocycles. The van der Waals surface area contributed by atoms with E-state index in [0.29, 0.717) is 42.4 Å². The van der Waals surface area contributed by atoms with Crippen LogP contribution in [0.5, 0.6) is 0 Å². The number of nitrogens with zero attached hydrogens (tertiary/aromatic N) is 4. The van der Waals surface area contributed by atoms with Gasteiger partial charge >= 0.3 is 5.97 Å². The summed E-state index contributed by atoms with van der Waals surface area (Å²) in [6.07, 6.45) is 8.01. The van der Waals surface area contributed by atoms with Crippen molar-refractivity contribution >= 4 is 28.3 Å². The Morgan fingerprint density at radius 1 is 1.29 bits per heavy atom. The van der Waals surface area contributed by atoms with Gasteiger partial charge in [0.15, 0.2) is 5.66 Å². The number of carbonyl (C=O) groups excluding carboxylic acids is 2. The largest absolute Gasteiger partial charge is 0.466 e. The molecule has 0 fully saturated rings.